The number of benzene rings is 2. The summed E-state index contributed by atoms with van der Waals surface area (Å²) in [6.45, 7) is 3.55. The topological polar surface area (TPSA) is 157 Å². The molecule has 2 rings (SSSR count). The van der Waals surface area contributed by atoms with Crippen LogP contribution in [0.5, 0.6) is 5.75 Å². The highest BCUT2D eigenvalue weighted by Crippen LogP contribution is 2.11. The molecule has 32 heavy (non-hydrogen) atoms. The largest absolute Gasteiger partial charge is 0.508 e. The molecule has 2 aromatic carbocycles. The second-order valence-corrected chi connectivity index (χ2v) is 6.67. The lowest BCUT2D eigenvalue weighted by molar-refractivity contribution is -0.139. The Kier molecular flexibility index (Phi) is 8.78. The molecule has 0 saturated heterocycles. The molecule has 0 aliphatic rings. The molecule has 0 aromatic heterocycles. The van der Waals surface area contributed by atoms with E-state index in [9.17, 15) is 29.4 Å². The summed E-state index contributed by atoms with van der Waals surface area (Å²) in [7, 11) is 0. The lowest BCUT2D eigenvalue weighted by Gasteiger charge is -2.15. The second kappa shape index (κ2) is 11.7. The zero-order valence-corrected chi connectivity index (χ0v) is 17.1. The van der Waals surface area contributed by atoms with Crippen LogP contribution in [0.4, 0.5) is 4.79 Å². The van der Waals surface area contributed by atoms with Crippen molar-refractivity contribution in [3.8, 4) is 5.75 Å². The Labute approximate surface area is 184 Å². The number of carboxylic acid groups (broad SMARTS) is 1. The summed E-state index contributed by atoms with van der Waals surface area (Å²) >= 11 is 0. The SMILES string of the molecule is C=CCNC(=O)NCC(NC(=O)c1ccc(C(=O)NCc2cccc(O)c2)cc1)C(=O)O. The number of aliphatic carboxylic acids is 1. The third-order valence-electron chi connectivity index (χ3n) is 4.25. The molecule has 0 spiro atoms. The maximum atomic E-state index is 12.4. The molecule has 0 bridgehead atoms. The average Bonchev–Trinajstić information content (AvgIpc) is 2.78. The van der Waals surface area contributed by atoms with Gasteiger partial charge in [-0.3, -0.25) is 9.59 Å². The van der Waals surface area contributed by atoms with Crippen LogP contribution in [0.1, 0.15) is 26.3 Å². The fourth-order valence-corrected chi connectivity index (χ4v) is 2.59. The zero-order valence-electron chi connectivity index (χ0n) is 17.1. The molecule has 168 valence electrons. The van der Waals surface area contributed by atoms with Gasteiger partial charge in [-0.15, -0.1) is 6.58 Å². The minimum atomic E-state index is -1.35. The van der Waals surface area contributed by atoms with Crippen LogP contribution >= 0.6 is 0 Å². The summed E-state index contributed by atoms with van der Waals surface area (Å²) in [4.78, 5) is 47.5. The predicted molar refractivity (Wildman–Crippen MR) is 116 cm³/mol. The Hall–Kier alpha value is -4.34. The molecule has 10 nitrogen and oxygen atoms in total. The molecule has 0 saturated carbocycles. The maximum Gasteiger partial charge on any atom is 0.328 e. The van der Waals surface area contributed by atoms with E-state index in [1.165, 1.54) is 42.5 Å². The van der Waals surface area contributed by atoms with Crippen molar-refractivity contribution in [1.82, 2.24) is 21.3 Å². The van der Waals surface area contributed by atoms with E-state index < -0.39 is 23.9 Å². The molecule has 4 amide bonds. The van der Waals surface area contributed by atoms with Crippen LogP contribution in [-0.4, -0.2) is 53.2 Å². The molecule has 0 radical (unpaired) electrons. The van der Waals surface area contributed by atoms with Crippen LogP contribution in [0.3, 0.4) is 0 Å². The smallest absolute Gasteiger partial charge is 0.328 e. The number of carboxylic acids is 1. The number of carbonyl (C=O) groups excluding carboxylic acids is 3. The van der Waals surface area contributed by atoms with Gasteiger partial charge in [0.1, 0.15) is 11.8 Å². The Morgan fingerprint density at radius 1 is 0.938 bits per heavy atom. The number of hydrogen-bond donors (Lipinski definition) is 6. The zero-order chi connectivity index (χ0) is 23.5. The first-order chi connectivity index (χ1) is 15.3. The highest BCUT2D eigenvalue weighted by Gasteiger charge is 2.21. The molecule has 6 N–H and O–H groups in total. The molecule has 1 atom stereocenters. The summed E-state index contributed by atoms with van der Waals surface area (Å²) in [6.07, 6.45) is 1.46. The van der Waals surface area contributed by atoms with Gasteiger partial charge in [0.15, 0.2) is 0 Å². The van der Waals surface area contributed by atoms with Crippen molar-refractivity contribution in [2.24, 2.45) is 0 Å². The van der Waals surface area contributed by atoms with E-state index in [1.807, 2.05) is 0 Å². The van der Waals surface area contributed by atoms with Gasteiger partial charge in [0.25, 0.3) is 11.8 Å². The highest BCUT2D eigenvalue weighted by molar-refractivity contribution is 5.99. The van der Waals surface area contributed by atoms with Gasteiger partial charge < -0.3 is 31.5 Å². The van der Waals surface area contributed by atoms with E-state index in [2.05, 4.69) is 27.8 Å². The Balaban J connectivity index is 1.91. The number of rotatable bonds is 10. The van der Waals surface area contributed by atoms with E-state index in [0.29, 0.717) is 5.56 Å². The van der Waals surface area contributed by atoms with E-state index in [4.69, 9.17) is 0 Å². The minimum absolute atomic E-state index is 0.0966. The predicted octanol–water partition coefficient (Wildman–Crippen LogP) is 0.990. The second-order valence-electron chi connectivity index (χ2n) is 6.67. The normalized spacial score (nSPS) is 11.0. The summed E-state index contributed by atoms with van der Waals surface area (Å²) < 4.78 is 0. The Morgan fingerprint density at radius 2 is 1.59 bits per heavy atom. The van der Waals surface area contributed by atoms with Gasteiger partial charge in [-0.2, -0.15) is 0 Å². The Morgan fingerprint density at radius 3 is 2.19 bits per heavy atom. The summed E-state index contributed by atoms with van der Waals surface area (Å²) in [6, 6.07) is 10.2. The van der Waals surface area contributed by atoms with Gasteiger partial charge in [-0.05, 0) is 42.0 Å². The molecule has 1 unspecified atom stereocenters. The number of urea groups is 1. The Bertz CT molecular complexity index is 990. The highest BCUT2D eigenvalue weighted by atomic mass is 16.4. The molecule has 0 aliphatic carbocycles. The fraction of sp³-hybridized carbons (Fsp3) is 0.182. The van der Waals surface area contributed by atoms with Crippen LogP contribution in [0.25, 0.3) is 0 Å². The number of hydrogen-bond acceptors (Lipinski definition) is 5. The number of amides is 4. The van der Waals surface area contributed by atoms with Crippen molar-refractivity contribution >= 4 is 23.8 Å². The molecule has 2 aromatic rings. The molecule has 0 heterocycles. The molecule has 10 heteroatoms. The molecule has 0 aliphatic heterocycles. The number of nitrogens with one attached hydrogen (secondary N) is 4. The molecule has 0 fully saturated rings. The van der Waals surface area contributed by atoms with E-state index in [-0.39, 0.29) is 36.9 Å². The van der Waals surface area contributed by atoms with Gasteiger partial charge in [-0.1, -0.05) is 18.2 Å². The monoisotopic (exact) mass is 440 g/mol. The number of carbonyl (C=O) groups is 4. The van der Waals surface area contributed by atoms with Gasteiger partial charge in [0, 0.05) is 24.2 Å². The number of aromatic hydroxyl groups is 1. The lowest BCUT2D eigenvalue weighted by Crippen LogP contribution is -2.50. The van der Waals surface area contributed by atoms with Crippen molar-refractivity contribution in [3.05, 3.63) is 77.9 Å². The first-order valence-corrected chi connectivity index (χ1v) is 9.62. The van der Waals surface area contributed by atoms with Crippen molar-refractivity contribution < 1.29 is 29.4 Å². The van der Waals surface area contributed by atoms with Gasteiger partial charge >= 0.3 is 12.0 Å². The third kappa shape index (κ3) is 7.48. The summed E-state index contributed by atoms with van der Waals surface area (Å²) in [5.74, 6) is -2.26. The van der Waals surface area contributed by atoms with E-state index in [0.717, 1.165) is 5.56 Å². The lowest BCUT2D eigenvalue weighted by atomic mass is 10.1. The van der Waals surface area contributed by atoms with Crippen LogP contribution < -0.4 is 21.3 Å². The van der Waals surface area contributed by atoms with Crippen molar-refractivity contribution in [2.45, 2.75) is 12.6 Å². The standard InChI is InChI=1S/C22H24N4O6/c1-2-10-23-22(32)25-13-18(21(30)31)26-20(29)16-8-6-15(7-9-16)19(28)24-12-14-4-3-5-17(27)11-14/h2-9,11,18,27H,1,10,12-13H2,(H,24,28)(H,26,29)(H,30,31)(H2,23,25,32). The quantitative estimate of drug-likeness (QED) is 0.303. The van der Waals surface area contributed by atoms with E-state index in [1.54, 1.807) is 12.1 Å². The molecular weight excluding hydrogens is 416 g/mol. The third-order valence-corrected chi connectivity index (χ3v) is 4.25. The van der Waals surface area contributed by atoms with E-state index >= 15 is 0 Å². The summed E-state index contributed by atoms with van der Waals surface area (Å²) in [5.41, 5.74) is 1.18. The summed E-state index contributed by atoms with van der Waals surface area (Å²) in [5, 5.41) is 28.5. The maximum absolute atomic E-state index is 12.4. The van der Waals surface area contributed by atoms with Gasteiger partial charge in [-0.25, -0.2) is 9.59 Å². The van der Waals surface area contributed by atoms with Crippen LogP contribution in [0.2, 0.25) is 0 Å². The number of phenolic OH excluding ortho intramolecular Hbond substituents is 1. The minimum Gasteiger partial charge on any atom is -0.508 e. The first kappa shape index (κ1) is 23.9. The van der Waals surface area contributed by atoms with Crippen LogP contribution in [-0.2, 0) is 11.3 Å². The van der Waals surface area contributed by atoms with Crippen molar-refractivity contribution in [2.75, 3.05) is 13.1 Å². The van der Waals surface area contributed by atoms with Crippen molar-refractivity contribution in [3.63, 3.8) is 0 Å². The first-order valence-electron chi connectivity index (χ1n) is 9.62. The average molecular weight is 440 g/mol. The number of phenols is 1. The fourth-order valence-electron chi connectivity index (χ4n) is 2.59. The van der Waals surface area contributed by atoms with Crippen LogP contribution in [0.15, 0.2) is 61.2 Å². The van der Waals surface area contributed by atoms with Crippen molar-refractivity contribution in [1.29, 1.82) is 0 Å². The van der Waals surface area contributed by atoms with Crippen LogP contribution in [0, 0.1) is 0 Å². The molecular formula is C22H24N4O6. The van der Waals surface area contributed by atoms with Gasteiger partial charge in [0.05, 0.1) is 6.54 Å². The van der Waals surface area contributed by atoms with Gasteiger partial charge in [0.2, 0.25) is 0 Å².